The summed E-state index contributed by atoms with van der Waals surface area (Å²) in [6.45, 7) is 2.27. The first-order valence-electron chi connectivity index (χ1n) is 8.05. The number of imide groups is 1. The van der Waals surface area contributed by atoms with Gasteiger partial charge in [0, 0.05) is 43.7 Å². The Bertz CT molecular complexity index is 827. The maximum Gasteiger partial charge on any atom is 0.324 e. The third-order valence-corrected chi connectivity index (χ3v) is 7.23. The highest BCUT2D eigenvalue weighted by Crippen LogP contribution is 2.28. The molecule has 0 radical (unpaired) electrons. The van der Waals surface area contributed by atoms with Crippen LogP contribution in [0, 0.1) is 0 Å². The van der Waals surface area contributed by atoms with Crippen LogP contribution < -0.4 is 5.32 Å². The minimum atomic E-state index is -3.69. The van der Waals surface area contributed by atoms with Crippen LogP contribution in [0.5, 0.6) is 0 Å². The molecule has 2 aliphatic heterocycles. The monoisotopic (exact) mass is 464 g/mol. The first kappa shape index (κ1) is 19.6. The number of halogens is 2. The largest absolute Gasteiger partial charge is 0.336 e. The molecule has 0 unspecified atom stereocenters. The number of hydrogen-bond acceptors (Lipinski definition) is 5. The Morgan fingerprint density at radius 2 is 1.88 bits per heavy atom. The molecule has 0 atom stereocenters. The first-order valence-corrected chi connectivity index (χ1v) is 10.7. The van der Waals surface area contributed by atoms with Gasteiger partial charge < -0.3 is 5.32 Å². The fourth-order valence-corrected chi connectivity index (χ4v) is 5.37. The van der Waals surface area contributed by atoms with E-state index in [9.17, 15) is 18.0 Å². The van der Waals surface area contributed by atoms with Crippen molar-refractivity contribution in [3.8, 4) is 0 Å². The molecule has 1 aromatic carbocycles. The summed E-state index contributed by atoms with van der Waals surface area (Å²) in [5.74, 6) is -0.271. The standard InChI is InChI=1S/C15H18BrClN4O4S/c16-11-1-2-13(12(17)9-11)26(24,25)20-7-5-19(6-8-20)10-14(22)21-4-3-18-15(21)23/h1-2,9H,3-8,10H2,(H,18,23). The number of nitrogens with zero attached hydrogens (tertiary/aromatic N) is 3. The van der Waals surface area contributed by atoms with Crippen LogP contribution in [0.2, 0.25) is 5.02 Å². The lowest BCUT2D eigenvalue weighted by Crippen LogP contribution is -2.51. The van der Waals surface area contributed by atoms with Crippen molar-refractivity contribution >= 4 is 49.5 Å². The molecule has 26 heavy (non-hydrogen) atoms. The lowest BCUT2D eigenvalue weighted by molar-refractivity contribution is -0.129. The summed E-state index contributed by atoms with van der Waals surface area (Å²) in [6.07, 6.45) is 0. The number of piperazine rings is 1. The molecule has 2 fully saturated rings. The minimum Gasteiger partial charge on any atom is -0.336 e. The third kappa shape index (κ3) is 4.04. The zero-order valence-corrected chi connectivity index (χ0v) is 17.0. The Kier molecular flexibility index (Phi) is 5.88. The predicted octanol–water partition coefficient (Wildman–Crippen LogP) is 0.961. The minimum absolute atomic E-state index is 0.0700. The van der Waals surface area contributed by atoms with Gasteiger partial charge in [-0.05, 0) is 18.2 Å². The molecular formula is C15H18BrClN4O4S. The SMILES string of the molecule is O=C(CN1CCN(S(=O)(=O)c2ccc(Br)cc2Cl)CC1)N1CCNC1=O. The van der Waals surface area contributed by atoms with Gasteiger partial charge in [-0.15, -0.1) is 0 Å². The normalized spacial score (nSPS) is 19.6. The lowest BCUT2D eigenvalue weighted by Gasteiger charge is -2.34. The molecule has 0 aliphatic carbocycles. The van der Waals surface area contributed by atoms with Gasteiger partial charge in [0.15, 0.2) is 0 Å². The topological polar surface area (TPSA) is 90.0 Å². The van der Waals surface area contributed by atoms with Crippen molar-refractivity contribution < 1.29 is 18.0 Å². The van der Waals surface area contributed by atoms with Crippen molar-refractivity contribution in [2.75, 3.05) is 45.8 Å². The average molecular weight is 466 g/mol. The molecule has 142 valence electrons. The highest BCUT2D eigenvalue weighted by molar-refractivity contribution is 9.10. The van der Waals surface area contributed by atoms with E-state index in [1.165, 1.54) is 15.3 Å². The molecule has 2 heterocycles. The van der Waals surface area contributed by atoms with Gasteiger partial charge in [0.05, 0.1) is 11.6 Å². The van der Waals surface area contributed by atoms with Crippen molar-refractivity contribution in [3.63, 3.8) is 0 Å². The van der Waals surface area contributed by atoms with Crippen molar-refractivity contribution in [2.45, 2.75) is 4.90 Å². The Balaban J connectivity index is 1.61. The quantitative estimate of drug-likeness (QED) is 0.715. The molecule has 3 rings (SSSR count). The fraction of sp³-hybridized carbons (Fsp3) is 0.467. The summed E-state index contributed by atoms with van der Waals surface area (Å²) < 4.78 is 27.6. The van der Waals surface area contributed by atoms with Gasteiger partial charge in [0.1, 0.15) is 4.90 Å². The number of amides is 3. The average Bonchev–Trinajstić information content (AvgIpc) is 3.01. The van der Waals surface area contributed by atoms with Gasteiger partial charge in [-0.3, -0.25) is 14.6 Å². The maximum absolute atomic E-state index is 12.8. The molecule has 8 nitrogen and oxygen atoms in total. The summed E-state index contributed by atoms with van der Waals surface area (Å²) >= 11 is 9.34. The van der Waals surface area contributed by atoms with E-state index in [4.69, 9.17) is 11.6 Å². The van der Waals surface area contributed by atoms with Crippen LogP contribution in [0.25, 0.3) is 0 Å². The Morgan fingerprint density at radius 3 is 2.46 bits per heavy atom. The molecule has 0 saturated carbocycles. The molecule has 0 aromatic heterocycles. The van der Waals surface area contributed by atoms with Gasteiger partial charge in [-0.2, -0.15) is 4.31 Å². The second-order valence-electron chi connectivity index (χ2n) is 6.03. The number of urea groups is 1. The van der Waals surface area contributed by atoms with Crippen molar-refractivity contribution in [1.82, 2.24) is 19.4 Å². The fourth-order valence-electron chi connectivity index (χ4n) is 2.94. The highest BCUT2D eigenvalue weighted by atomic mass is 79.9. The van der Waals surface area contributed by atoms with Crippen molar-refractivity contribution in [3.05, 3.63) is 27.7 Å². The maximum atomic E-state index is 12.8. The summed E-state index contributed by atoms with van der Waals surface area (Å²) in [5, 5.41) is 2.75. The van der Waals surface area contributed by atoms with E-state index >= 15 is 0 Å². The summed E-state index contributed by atoms with van der Waals surface area (Å²) in [7, 11) is -3.69. The molecule has 1 aromatic rings. The summed E-state index contributed by atoms with van der Waals surface area (Å²) in [4.78, 5) is 26.8. The highest BCUT2D eigenvalue weighted by Gasteiger charge is 2.32. The van der Waals surface area contributed by atoms with E-state index < -0.39 is 10.0 Å². The molecule has 0 bridgehead atoms. The number of nitrogens with one attached hydrogen (secondary N) is 1. The van der Waals surface area contributed by atoms with E-state index in [2.05, 4.69) is 21.2 Å². The zero-order chi connectivity index (χ0) is 18.9. The van der Waals surface area contributed by atoms with E-state index in [0.29, 0.717) is 30.7 Å². The van der Waals surface area contributed by atoms with Crippen LogP contribution in [0.4, 0.5) is 4.79 Å². The van der Waals surface area contributed by atoms with Crippen LogP contribution >= 0.6 is 27.5 Å². The summed E-state index contributed by atoms with van der Waals surface area (Å²) in [6, 6.07) is 4.28. The predicted molar refractivity (Wildman–Crippen MR) is 99.5 cm³/mol. The number of benzene rings is 1. The number of carbonyl (C=O) groups excluding carboxylic acids is 2. The van der Waals surface area contributed by atoms with E-state index in [0.717, 1.165) is 0 Å². The van der Waals surface area contributed by atoms with E-state index in [1.807, 2.05) is 4.90 Å². The molecule has 11 heteroatoms. The smallest absolute Gasteiger partial charge is 0.324 e. The molecular weight excluding hydrogens is 448 g/mol. The van der Waals surface area contributed by atoms with E-state index in [1.54, 1.807) is 12.1 Å². The van der Waals surface area contributed by atoms with Crippen LogP contribution in [0.1, 0.15) is 0 Å². The Labute approximate surface area is 165 Å². The summed E-state index contributed by atoms with van der Waals surface area (Å²) in [5.41, 5.74) is 0. The van der Waals surface area contributed by atoms with Crippen LogP contribution in [-0.4, -0.2) is 80.3 Å². The van der Waals surface area contributed by atoms with Crippen molar-refractivity contribution in [2.24, 2.45) is 0 Å². The number of carbonyl (C=O) groups is 2. The molecule has 2 saturated heterocycles. The Morgan fingerprint density at radius 1 is 1.19 bits per heavy atom. The van der Waals surface area contributed by atoms with Gasteiger partial charge in [0.25, 0.3) is 0 Å². The van der Waals surface area contributed by atoms with Gasteiger partial charge in [-0.25, -0.2) is 13.2 Å². The Hall–Kier alpha value is -1.20. The molecule has 2 aliphatic rings. The van der Waals surface area contributed by atoms with Crippen LogP contribution in [-0.2, 0) is 14.8 Å². The first-order chi connectivity index (χ1) is 12.3. The molecule has 1 N–H and O–H groups in total. The van der Waals surface area contributed by atoms with Gasteiger partial charge >= 0.3 is 6.03 Å². The molecule has 3 amide bonds. The number of sulfonamides is 1. The lowest BCUT2D eigenvalue weighted by atomic mass is 10.3. The van der Waals surface area contributed by atoms with Gasteiger partial charge in [-0.1, -0.05) is 27.5 Å². The second-order valence-corrected chi connectivity index (χ2v) is 9.26. The number of hydrogen-bond donors (Lipinski definition) is 1. The van der Waals surface area contributed by atoms with Gasteiger partial charge in [0.2, 0.25) is 15.9 Å². The zero-order valence-electron chi connectivity index (χ0n) is 13.8. The van der Waals surface area contributed by atoms with Crippen molar-refractivity contribution in [1.29, 1.82) is 0 Å². The third-order valence-electron chi connectivity index (χ3n) is 4.36. The van der Waals surface area contributed by atoms with Crippen LogP contribution in [0.3, 0.4) is 0 Å². The second kappa shape index (κ2) is 7.81. The van der Waals surface area contributed by atoms with E-state index in [-0.39, 0.29) is 41.5 Å². The molecule has 0 spiro atoms. The number of rotatable bonds is 4. The van der Waals surface area contributed by atoms with Crippen LogP contribution in [0.15, 0.2) is 27.6 Å².